The zero-order chi connectivity index (χ0) is 21.7. The molecule has 8 atom stereocenters. The SMILES string of the molecule is C=C1C/C(=N\O)C[C@H]2CC[C@H]3[C@@H]4CC[C@H]([C@H](C)CCCC(C)C)[C@@]4(C)CC[C@@H]3[C@@]12C. The Labute approximate surface area is 186 Å². The zero-order valence-corrected chi connectivity index (χ0v) is 20.4. The van der Waals surface area contributed by atoms with Crippen molar-refractivity contribution in [1.29, 1.82) is 0 Å². The molecule has 0 spiro atoms. The van der Waals surface area contributed by atoms with Crippen molar-refractivity contribution >= 4 is 5.71 Å². The van der Waals surface area contributed by atoms with Crippen LogP contribution in [0.5, 0.6) is 0 Å². The van der Waals surface area contributed by atoms with Crippen LogP contribution < -0.4 is 0 Å². The summed E-state index contributed by atoms with van der Waals surface area (Å²) < 4.78 is 0. The third kappa shape index (κ3) is 3.49. The highest BCUT2D eigenvalue weighted by Gasteiger charge is 2.61. The summed E-state index contributed by atoms with van der Waals surface area (Å²) >= 11 is 0. The Morgan fingerprint density at radius 2 is 1.80 bits per heavy atom. The first-order valence-corrected chi connectivity index (χ1v) is 13.1. The summed E-state index contributed by atoms with van der Waals surface area (Å²) in [6.07, 6.45) is 14.5. The second-order valence-corrected chi connectivity index (χ2v) is 12.6. The lowest BCUT2D eigenvalue weighted by Crippen LogP contribution is -2.54. The fourth-order valence-corrected chi connectivity index (χ4v) is 9.19. The van der Waals surface area contributed by atoms with E-state index in [-0.39, 0.29) is 5.41 Å². The Hall–Kier alpha value is -0.790. The number of oxime groups is 1. The van der Waals surface area contributed by atoms with E-state index >= 15 is 0 Å². The van der Waals surface area contributed by atoms with Crippen molar-refractivity contribution in [2.75, 3.05) is 0 Å². The van der Waals surface area contributed by atoms with Crippen LogP contribution in [0.3, 0.4) is 0 Å². The molecule has 4 aliphatic rings. The van der Waals surface area contributed by atoms with Gasteiger partial charge in [0.05, 0.1) is 5.71 Å². The van der Waals surface area contributed by atoms with Gasteiger partial charge in [0.15, 0.2) is 0 Å². The molecule has 1 N–H and O–H groups in total. The molecule has 4 fully saturated rings. The molecule has 2 nitrogen and oxygen atoms in total. The molecule has 0 aliphatic heterocycles. The van der Waals surface area contributed by atoms with Gasteiger partial charge in [-0.1, -0.05) is 71.2 Å². The smallest absolute Gasteiger partial charge is 0.0614 e. The quantitative estimate of drug-likeness (QED) is 0.275. The van der Waals surface area contributed by atoms with Gasteiger partial charge in [0.2, 0.25) is 0 Å². The molecule has 0 amide bonds. The molecule has 0 saturated heterocycles. The highest BCUT2D eigenvalue weighted by molar-refractivity contribution is 5.88. The Morgan fingerprint density at radius 1 is 1.03 bits per heavy atom. The molecule has 4 aliphatic carbocycles. The number of hydrogen-bond acceptors (Lipinski definition) is 2. The highest BCUT2D eigenvalue weighted by atomic mass is 16.4. The van der Waals surface area contributed by atoms with Crippen LogP contribution in [0.15, 0.2) is 17.3 Å². The van der Waals surface area contributed by atoms with E-state index in [2.05, 4.69) is 46.4 Å². The van der Waals surface area contributed by atoms with E-state index in [4.69, 9.17) is 0 Å². The second-order valence-electron chi connectivity index (χ2n) is 12.6. The van der Waals surface area contributed by atoms with Crippen LogP contribution in [0.25, 0.3) is 0 Å². The van der Waals surface area contributed by atoms with Crippen molar-refractivity contribution in [3.63, 3.8) is 0 Å². The van der Waals surface area contributed by atoms with Crippen molar-refractivity contribution in [1.82, 2.24) is 0 Å². The van der Waals surface area contributed by atoms with Gasteiger partial charge in [-0.15, -0.1) is 0 Å². The van der Waals surface area contributed by atoms with E-state index in [0.717, 1.165) is 54.1 Å². The number of rotatable bonds is 5. The molecule has 2 heteroatoms. The molecule has 4 saturated carbocycles. The largest absolute Gasteiger partial charge is 0.411 e. The van der Waals surface area contributed by atoms with Gasteiger partial charge < -0.3 is 5.21 Å². The molecule has 0 radical (unpaired) electrons. The first-order valence-electron chi connectivity index (χ1n) is 13.1. The minimum Gasteiger partial charge on any atom is -0.411 e. The van der Waals surface area contributed by atoms with Gasteiger partial charge in [0, 0.05) is 6.42 Å². The molecular formula is C28H47NO. The maximum Gasteiger partial charge on any atom is 0.0614 e. The van der Waals surface area contributed by atoms with E-state index < -0.39 is 0 Å². The summed E-state index contributed by atoms with van der Waals surface area (Å²) in [4.78, 5) is 0. The van der Waals surface area contributed by atoms with Crippen LogP contribution in [0.2, 0.25) is 0 Å². The molecular weight excluding hydrogens is 366 g/mol. The van der Waals surface area contributed by atoms with Crippen molar-refractivity contribution in [2.24, 2.45) is 57.4 Å². The summed E-state index contributed by atoms with van der Waals surface area (Å²) in [6.45, 7) is 17.1. The van der Waals surface area contributed by atoms with Crippen molar-refractivity contribution < 1.29 is 5.21 Å². The van der Waals surface area contributed by atoms with Gasteiger partial charge >= 0.3 is 0 Å². The molecule has 0 heterocycles. The number of fused-ring (bicyclic) bond motifs is 5. The Kier molecular flexibility index (Phi) is 6.19. The summed E-state index contributed by atoms with van der Waals surface area (Å²) in [6, 6.07) is 0. The number of nitrogens with zero attached hydrogens (tertiary/aromatic N) is 1. The Morgan fingerprint density at radius 3 is 2.50 bits per heavy atom. The van der Waals surface area contributed by atoms with Crippen LogP contribution >= 0.6 is 0 Å². The van der Waals surface area contributed by atoms with Gasteiger partial charge in [0.25, 0.3) is 0 Å². The second kappa shape index (κ2) is 8.28. The van der Waals surface area contributed by atoms with Gasteiger partial charge in [-0.05, 0) is 97.2 Å². The lowest BCUT2D eigenvalue weighted by Gasteiger charge is -2.61. The normalized spacial score (nSPS) is 45.9. The van der Waals surface area contributed by atoms with Crippen LogP contribution in [0, 0.1) is 52.3 Å². The minimum atomic E-state index is 0.263. The monoisotopic (exact) mass is 413 g/mol. The fraction of sp³-hybridized carbons (Fsp3) is 0.893. The first kappa shape index (κ1) is 22.4. The molecule has 0 aromatic carbocycles. The van der Waals surface area contributed by atoms with E-state index in [1.165, 1.54) is 63.4 Å². The van der Waals surface area contributed by atoms with E-state index in [1.807, 2.05) is 0 Å². The average molecular weight is 414 g/mol. The molecule has 0 unspecified atom stereocenters. The zero-order valence-electron chi connectivity index (χ0n) is 20.4. The van der Waals surface area contributed by atoms with Gasteiger partial charge in [-0.2, -0.15) is 0 Å². The maximum atomic E-state index is 9.39. The van der Waals surface area contributed by atoms with Crippen molar-refractivity contribution in [3.05, 3.63) is 12.2 Å². The summed E-state index contributed by atoms with van der Waals surface area (Å²) in [5.74, 6) is 5.92. The van der Waals surface area contributed by atoms with Crippen LogP contribution in [-0.2, 0) is 0 Å². The minimum absolute atomic E-state index is 0.263. The lowest BCUT2D eigenvalue weighted by atomic mass is 9.43. The third-order valence-corrected chi connectivity index (χ3v) is 10.9. The molecule has 0 aromatic rings. The van der Waals surface area contributed by atoms with E-state index in [9.17, 15) is 5.21 Å². The van der Waals surface area contributed by atoms with Gasteiger partial charge in [-0.3, -0.25) is 0 Å². The maximum absolute atomic E-state index is 9.39. The summed E-state index contributed by atoms with van der Waals surface area (Å²) in [7, 11) is 0. The Balaban J connectivity index is 1.50. The fourth-order valence-electron chi connectivity index (χ4n) is 9.19. The third-order valence-electron chi connectivity index (χ3n) is 10.9. The topological polar surface area (TPSA) is 32.6 Å². The van der Waals surface area contributed by atoms with Crippen LogP contribution in [0.1, 0.15) is 105 Å². The van der Waals surface area contributed by atoms with E-state index in [1.54, 1.807) is 0 Å². The Bertz CT molecular complexity index is 680. The van der Waals surface area contributed by atoms with Gasteiger partial charge in [0.1, 0.15) is 0 Å². The predicted octanol–water partition coefficient (Wildman–Crippen LogP) is 8.10. The molecule has 170 valence electrons. The molecule has 30 heavy (non-hydrogen) atoms. The summed E-state index contributed by atoms with van der Waals surface area (Å²) in [5.41, 5.74) is 3.16. The highest BCUT2D eigenvalue weighted by Crippen LogP contribution is 2.68. The van der Waals surface area contributed by atoms with Gasteiger partial charge in [-0.25, -0.2) is 0 Å². The predicted molar refractivity (Wildman–Crippen MR) is 127 cm³/mol. The average Bonchev–Trinajstić information content (AvgIpc) is 3.05. The molecule has 4 rings (SSSR count). The van der Waals surface area contributed by atoms with Crippen molar-refractivity contribution in [3.8, 4) is 0 Å². The first-order chi connectivity index (χ1) is 14.2. The standard InChI is InChI=1S/C28H47NO/c1-18(2)8-7-9-19(3)24-12-13-25-23-11-10-21-17-22(29-30)16-20(4)28(21,6)26(23)14-15-27(24,25)5/h18-19,21,23-26,30H,4,7-17H2,1-3,5-6H3/b29-22+/t19-,21-,23+,24-,25+,26+,27-,28+/m1/s1. The van der Waals surface area contributed by atoms with E-state index in [0.29, 0.717) is 11.3 Å². The summed E-state index contributed by atoms with van der Waals surface area (Å²) in [5, 5.41) is 13.0. The van der Waals surface area contributed by atoms with Crippen LogP contribution in [0.4, 0.5) is 0 Å². The molecule has 0 aromatic heterocycles. The molecule has 0 bridgehead atoms. The number of hydrogen-bond donors (Lipinski definition) is 1. The van der Waals surface area contributed by atoms with Crippen molar-refractivity contribution in [2.45, 2.75) is 105 Å². The number of allylic oxidation sites excluding steroid dienone is 1. The lowest BCUT2D eigenvalue weighted by molar-refractivity contribution is -0.0867. The van der Waals surface area contributed by atoms with Crippen LogP contribution in [-0.4, -0.2) is 10.9 Å².